The number of nitriles is 1. The third kappa shape index (κ3) is 4.42. The summed E-state index contributed by atoms with van der Waals surface area (Å²) in [6.45, 7) is 2.31. The summed E-state index contributed by atoms with van der Waals surface area (Å²) in [4.78, 5) is 12.3. The molecule has 1 aliphatic carbocycles. The number of hydrogen-bond acceptors (Lipinski definition) is 4. The Morgan fingerprint density at radius 3 is 2.75 bits per heavy atom. The van der Waals surface area contributed by atoms with Crippen molar-refractivity contribution in [1.82, 2.24) is 5.32 Å². The van der Waals surface area contributed by atoms with E-state index in [1.807, 2.05) is 13.0 Å². The summed E-state index contributed by atoms with van der Waals surface area (Å²) in [6, 6.07) is 5.45. The van der Waals surface area contributed by atoms with Crippen LogP contribution in [0.5, 0.6) is 11.5 Å². The van der Waals surface area contributed by atoms with Crippen LogP contribution in [0.25, 0.3) is 6.08 Å². The van der Waals surface area contributed by atoms with Crippen molar-refractivity contribution in [1.29, 1.82) is 5.26 Å². The van der Waals surface area contributed by atoms with Gasteiger partial charge in [0, 0.05) is 6.04 Å². The number of halogens is 1. The van der Waals surface area contributed by atoms with Gasteiger partial charge in [-0.1, -0.05) is 24.4 Å². The second-order valence-electron chi connectivity index (χ2n) is 5.59. The highest BCUT2D eigenvalue weighted by Gasteiger charge is 2.19. The van der Waals surface area contributed by atoms with Crippen LogP contribution in [0.2, 0.25) is 5.02 Å². The molecular weight excluding hydrogens is 328 g/mol. The van der Waals surface area contributed by atoms with E-state index in [4.69, 9.17) is 21.1 Å². The number of nitrogens with one attached hydrogen (secondary N) is 1. The van der Waals surface area contributed by atoms with E-state index in [1.54, 1.807) is 12.1 Å². The topological polar surface area (TPSA) is 71.3 Å². The largest absolute Gasteiger partial charge is 0.493 e. The second-order valence-corrected chi connectivity index (χ2v) is 6.00. The maximum absolute atomic E-state index is 12.3. The molecule has 128 valence electrons. The van der Waals surface area contributed by atoms with Gasteiger partial charge >= 0.3 is 0 Å². The molecule has 1 aromatic carbocycles. The first-order chi connectivity index (χ1) is 11.6. The average molecular weight is 349 g/mol. The van der Waals surface area contributed by atoms with Gasteiger partial charge in [0.05, 0.1) is 18.7 Å². The lowest BCUT2D eigenvalue weighted by Crippen LogP contribution is -2.33. The van der Waals surface area contributed by atoms with Gasteiger partial charge in [-0.05, 0) is 43.5 Å². The zero-order valence-corrected chi connectivity index (χ0v) is 14.7. The Bertz CT molecular complexity index is 674. The normalized spacial score (nSPS) is 15.0. The van der Waals surface area contributed by atoms with E-state index in [0.717, 1.165) is 25.7 Å². The first kappa shape index (κ1) is 18.2. The number of rotatable bonds is 6. The molecule has 0 aliphatic heterocycles. The van der Waals surface area contributed by atoms with Crippen LogP contribution >= 0.6 is 11.6 Å². The van der Waals surface area contributed by atoms with Gasteiger partial charge < -0.3 is 14.8 Å². The average Bonchev–Trinajstić information content (AvgIpc) is 3.07. The van der Waals surface area contributed by atoms with Crippen LogP contribution in [0.4, 0.5) is 0 Å². The summed E-state index contributed by atoms with van der Waals surface area (Å²) < 4.78 is 10.7. The number of hydrogen-bond donors (Lipinski definition) is 1. The van der Waals surface area contributed by atoms with E-state index in [2.05, 4.69) is 5.32 Å². The maximum Gasteiger partial charge on any atom is 0.262 e. The predicted octanol–water partition coefficient (Wildman–Crippen LogP) is 3.71. The van der Waals surface area contributed by atoms with E-state index in [0.29, 0.717) is 28.7 Å². The Morgan fingerprint density at radius 1 is 1.46 bits per heavy atom. The quantitative estimate of drug-likeness (QED) is 0.628. The van der Waals surface area contributed by atoms with Crippen molar-refractivity contribution < 1.29 is 14.3 Å². The number of benzene rings is 1. The zero-order chi connectivity index (χ0) is 17.5. The highest BCUT2D eigenvalue weighted by molar-refractivity contribution is 6.32. The number of methoxy groups -OCH3 is 1. The van der Waals surface area contributed by atoms with Crippen LogP contribution in [0.1, 0.15) is 38.2 Å². The number of amides is 1. The molecule has 0 radical (unpaired) electrons. The molecule has 0 heterocycles. The Balaban J connectivity index is 2.25. The van der Waals surface area contributed by atoms with Gasteiger partial charge in [0.1, 0.15) is 11.6 Å². The summed E-state index contributed by atoms with van der Waals surface area (Å²) in [5.41, 5.74) is 0.655. The molecule has 5 nitrogen and oxygen atoms in total. The lowest BCUT2D eigenvalue weighted by atomic mass is 10.1. The first-order valence-electron chi connectivity index (χ1n) is 8.02. The van der Waals surface area contributed by atoms with Gasteiger partial charge in [0.2, 0.25) is 0 Å². The SMILES string of the molecule is CCOc1c(Cl)cc(/C=C(/C#N)C(=O)NC2CCCC2)cc1OC. The van der Waals surface area contributed by atoms with Crippen molar-refractivity contribution in [2.24, 2.45) is 0 Å². The molecule has 1 fully saturated rings. The fourth-order valence-electron chi connectivity index (χ4n) is 2.76. The number of nitrogens with zero attached hydrogens (tertiary/aromatic N) is 1. The molecule has 1 N–H and O–H groups in total. The molecule has 1 aromatic rings. The van der Waals surface area contributed by atoms with Crippen LogP contribution in [-0.4, -0.2) is 25.7 Å². The smallest absolute Gasteiger partial charge is 0.262 e. The summed E-state index contributed by atoms with van der Waals surface area (Å²) in [5.74, 6) is 0.560. The van der Waals surface area contributed by atoms with E-state index in [-0.39, 0.29) is 17.5 Å². The number of carbonyl (C=O) groups is 1. The molecule has 1 aliphatic rings. The van der Waals surface area contributed by atoms with Gasteiger partial charge in [0.25, 0.3) is 5.91 Å². The van der Waals surface area contributed by atoms with Crippen LogP contribution in [0.15, 0.2) is 17.7 Å². The monoisotopic (exact) mass is 348 g/mol. The Hall–Kier alpha value is -2.19. The van der Waals surface area contributed by atoms with E-state index < -0.39 is 0 Å². The van der Waals surface area contributed by atoms with Crippen molar-refractivity contribution in [3.05, 3.63) is 28.3 Å². The molecule has 0 atom stereocenters. The minimum atomic E-state index is -0.353. The highest BCUT2D eigenvalue weighted by Crippen LogP contribution is 2.37. The second kappa shape index (κ2) is 8.60. The molecule has 6 heteroatoms. The van der Waals surface area contributed by atoms with Crippen molar-refractivity contribution in [2.75, 3.05) is 13.7 Å². The third-order valence-electron chi connectivity index (χ3n) is 3.91. The van der Waals surface area contributed by atoms with E-state index in [1.165, 1.54) is 13.2 Å². The summed E-state index contributed by atoms with van der Waals surface area (Å²) in [7, 11) is 1.51. The molecule has 0 spiro atoms. The van der Waals surface area contributed by atoms with E-state index >= 15 is 0 Å². The Morgan fingerprint density at radius 2 is 2.17 bits per heavy atom. The molecule has 0 unspecified atom stereocenters. The summed E-state index contributed by atoms with van der Waals surface area (Å²) >= 11 is 6.22. The van der Waals surface area contributed by atoms with Crippen LogP contribution in [0, 0.1) is 11.3 Å². The number of carbonyl (C=O) groups excluding carboxylic acids is 1. The van der Waals surface area contributed by atoms with Crippen molar-refractivity contribution in [3.8, 4) is 17.6 Å². The fraction of sp³-hybridized carbons (Fsp3) is 0.444. The lowest BCUT2D eigenvalue weighted by molar-refractivity contribution is -0.117. The predicted molar refractivity (Wildman–Crippen MR) is 93.2 cm³/mol. The fourth-order valence-corrected chi connectivity index (χ4v) is 3.03. The van der Waals surface area contributed by atoms with Crippen molar-refractivity contribution in [3.63, 3.8) is 0 Å². The molecular formula is C18H21ClN2O3. The molecule has 24 heavy (non-hydrogen) atoms. The maximum atomic E-state index is 12.3. The van der Waals surface area contributed by atoms with Gasteiger partial charge in [-0.3, -0.25) is 4.79 Å². The van der Waals surface area contributed by atoms with Gasteiger partial charge in [-0.25, -0.2) is 0 Å². The minimum Gasteiger partial charge on any atom is -0.493 e. The van der Waals surface area contributed by atoms with Gasteiger partial charge in [-0.2, -0.15) is 5.26 Å². The first-order valence-corrected chi connectivity index (χ1v) is 8.39. The number of ether oxygens (including phenoxy) is 2. The minimum absolute atomic E-state index is 0.0455. The summed E-state index contributed by atoms with van der Waals surface area (Å²) in [5, 5.41) is 12.6. The summed E-state index contributed by atoms with van der Waals surface area (Å²) in [6.07, 6.45) is 5.67. The van der Waals surface area contributed by atoms with Crippen LogP contribution in [0.3, 0.4) is 0 Å². The molecule has 1 amide bonds. The molecule has 0 saturated heterocycles. The molecule has 0 aromatic heterocycles. The molecule has 1 saturated carbocycles. The Labute approximate surface area is 147 Å². The third-order valence-corrected chi connectivity index (χ3v) is 4.19. The standard InChI is InChI=1S/C18H21ClN2O3/c1-3-24-17-15(19)9-12(10-16(17)23-2)8-13(11-20)18(22)21-14-6-4-5-7-14/h8-10,14H,3-7H2,1-2H3,(H,21,22)/b13-8-. The van der Waals surface area contributed by atoms with E-state index in [9.17, 15) is 10.1 Å². The van der Waals surface area contributed by atoms with Gasteiger partial charge in [-0.15, -0.1) is 0 Å². The van der Waals surface area contributed by atoms with Crippen LogP contribution < -0.4 is 14.8 Å². The van der Waals surface area contributed by atoms with Crippen molar-refractivity contribution >= 4 is 23.6 Å². The lowest BCUT2D eigenvalue weighted by Gasteiger charge is -2.13. The highest BCUT2D eigenvalue weighted by atomic mass is 35.5. The van der Waals surface area contributed by atoms with Gasteiger partial charge in [0.15, 0.2) is 11.5 Å². The van der Waals surface area contributed by atoms with Crippen molar-refractivity contribution in [2.45, 2.75) is 38.6 Å². The molecule has 2 rings (SSSR count). The zero-order valence-electron chi connectivity index (χ0n) is 13.9. The molecule has 0 bridgehead atoms. The van der Waals surface area contributed by atoms with Crippen LogP contribution in [-0.2, 0) is 4.79 Å². The Kier molecular flexibility index (Phi) is 6.51.